The molecule has 1 unspecified atom stereocenters. The Morgan fingerprint density at radius 3 is 2.73 bits per heavy atom. The van der Waals surface area contributed by atoms with E-state index in [1.165, 1.54) is 4.58 Å². The van der Waals surface area contributed by atoms with E-state index in [0.29, 0.717) is 44.5 Å². The number of aliphatic imine (C=N–C) groups is 1. The maximum Gasteiger partial charge on any atom is 0.446 e. The van der Waals surface area contributed by atoms with Gasteiger partial charge in [0.25, 0.3) is 11.7 Å². The van der Waals surface area contributed by atoms with Crippen LogP contribution in [0.15, 0.2) is 16.3 Å². The molecule has 0 bridgehead atoms. The third-order valence-corrected chi connectivity index (χ3v) is 4.63. The molecule has 3 rings (SSSR count). The van der Waals surface area contributed by atoms with Crippen molar-refractivity contribution < 1.29 is 28.4 Å². The first-order valence-electron chi connectivity index (χ1n) is 8.64. The number of urea groups is 1. The van der Waals surface area contributed by atoms with E-state index in [2.05, 4.69) is 4.99 Å². The van der Waals surface area contributed by atoms with E-state index in [-0.39, 0.29) is 12.5 Å². The summed E-state index contributed by atoms with van der Waals surface area (Å²) in [5, 5.41) is 0. The van der Waals surface area contributed by atoms with Gasteiger partial charge >= 0.3 is 11.9 Å². The highest BCUT2D eigenvalue weighted by molar-refractivity contribution is 6.16. The number of carbonyl (C=O) groups is 3. The van der Waals surface area contributed by atoms with Gasteiger partial charge in [-0.15, -0.1) is 4.99 Å². The van der Waals surface area contributed by atoms with Crippen LogP contribution in [0.3, 0.4) is 0 Å². The molecule has 9 nitrogen and oxygen atoms in total. The number of amidine groups is 1. The zero-order valence-electron chi connectivity index (χ0n) is 15.2. The maximum atomic E-state index is 13.0. The van der Waals surface area contributed by atoms with Crippen molar-refractivity contribution in [3.8, 4) is 0 Å². The molecule has 26 heavy (non-hydrogen) atoms. The fraction of sp³-hybridized carbons (Fsp3) is 0.588. The summed E-state index contributed by atoms with van der Waals surface area (Å²) in [4.78, 5) is 45.0. The lowest BCUT2D eigenvalue weighted by Gasteiger charge is -2.31. The number of hydrogen-bond acceptors (Lipinski definition) is 6. The summed E-state index contributed by atoms with van der Waals surface area (Å²) in [6.07, 6.45) is 1.59. The zero-order chi connectivity index (χ0) is 18.8. The number of imide groups is 1. The third kappa shape index (κ3) is 3.14. The van der Waals surface area contributed by atoms with Crippen LogP contribution in [-0.4, -0.2) is 90.8 Å². The quantitative estimate of drug-likeness (QED) is 0.649. The molecule has 0 N–H and O–H groups in total. The van der Waals surface area contributed by atoms with Gasteiger partial charge in [0.15, 0.2) is 12.5 Å². The minimum Gasteiger partial charge on any atom is -0.496 e. The highest BCUT2D eigenvalue weighted by atomic mass is 16.5. The van der Waals surface area contributed by atoms with Gasteiger partial charge in [-0.2, -0.15) is 9.48 Å². The maximum absolute atomic E-state index is 13.0. The predicted octanol–water partition coefficient (Wildman–Crippen LogP) is -0.141. The molecule has 4 amide bonds. The Labute approximate surface area is 151 Å². The molecule has 0 saturated carbocycles. The predicted molar refractivity (Wildman–Crippen MR) is 92.0 cm³/mol. The first-order valence-corrected chi connectivity index (χ1v) is 8.64. The fourth-order valence-electron chi connectivity index (χ4n) is 3.22. The highest BCUT2D eigenvalue weighted by Gasteiger charge is 2.51. The SMILES string of the molecule is CCOC1=C(C)C=NC2=[N+](C)C(=O)N(CC(=O)N3CCOCC3)C(=O)C12. The number of morpholine rings is 1. The molecular formula is C17H23N4O5+. The standard InChI is InChI=1S/C17H23N4O5/c1-4-26-14-11(2)9-18-15-13(14)16(23)21(17(24)19(15)3)10-12(22)20-5-7-25-8-6-20/h9,13H,4-8,10H2,1-3H3/q+1. The number of rotatable bonds is 4. The van der Waals surface area contributed by atoms with Gasteiger partial charge < -0.3 is 14.4 Å². The van der Waals surface area contributed by atoms with E-state index < -0.39 is 17.9 Å². The number of hydrogen-bond donors (Lipinski definition) is 0. The molecule has 1 fully saturated rings. The Kier molecular flexibility index (Phi) is 5.17. The van der Waals surface area contributed by atoms with E-state index in [1.807, 2.05) is 6.92 Å². The van der Waals surface area contributed by atoms with E-state index in [9.17, 15) is 14.4 Å². The molecule has 1 atom stereocenters. The smallest absolute Gasteiger partial charge is 0.446 e. The van der Waals surface area contributed by atoms with Gasteiger partial charge in [-0.1, -0.05) is 0 Å². The topological polar surface area (TPSA) is 91.5 Å². The molecular weight excluding hydrogens is 340 g/mol. The lowest BCUT2D eigenvalue weighted by Crippen LogP contribution is -2.58. The summed E-state index contributed by atoms with van der Waals surface area (Å²) in [6.45, 7) is 5.55. The minimum atomic E-state index is -0.805. The molecule has 0 aromatic rings. The van der Waals surface area contributed by atoms with Crippen LogP contribution in [0.2, 0.25) is 0 Å². The summed E-state index contributed by atoms with van der Waals surface area (Å²) in [5.41, 5.74) is 0.733. The molecule has 140 valence electrons. The van der Waals surface area contributed by atoms with Gasteiger partial charge in [0.1, 0.15) is 12.0 Å². The van der Waals surface area contributed by atoms with E-state index >= 15 is 0 Å². The second kappa shape index (κ2) is 7.36. The lowest BCUT2D eigenvalue weighted by atomic mass is 9.96. The number of carbonyl (C=O) groups excluding carboxylic acids is 3. The van der Waals surface area contributed by atoms with Gasteiger partial charge in [-0.25, -0.2) is 4.79 Å². The van der Waals surface area contributed by atoms with Crippen LogP contribution in [0.5, 0.6) is 0 Å². The van der Waals surface area contributed by atoms with Crippen LogP contribution in [-0.2, 0) is 19.1 Å². The second-order valence-corrected chi connectivity index (χ2v) is 6.29. The monoisotopic (exact) mass is 363 g/mol. The van der Waals surface area contributed by atoms with Crippen molar-refractivity contribution in [1.82, 2.24) is 9.80 Å². The van der Waals surface area contributed by atoms with Crippen molar-refractivity contribution in [2.75, 3.05) is 46.5 Å². The zero-order valence-corrected chi connectivity index (χ0v) is 15.2. The Morgan fingerprint density at radius 1 is 1.38 bits per heavy atom. The van der Waals surface area contributed by atoms with Crippen LogP contribution in [0, 0.1) is 5.92 Å². The molecule has 0 aromatic heterocycles. The average molecular weight is 363 g/mol. The van der Waals surface area contributed by atoms with Crippen LogP contribution in [0.4, 0.5) is 4.79 Å². The normalized spacial score (nSPS) is 23.6. The van der Waals surface area contributed by atoms with E-state index in [0.717, 1.165) is 10.5 Å². The summed E-state index contributed by atoms with van der Waals surface area (Å²) in [7, 11) is 1.55. The molecule has 1 saturated heterocycles. The minimum absolute atomic E-state index is 0.273. The van der Waals surface area contributed by atoms with Gasteiger partial charge in [0, 0.05) is 18.7 Å². The van der Waals surface area contributed by atoms with Crippen molar-refractivity contribution in [2.45, 2.75) is 13.8 Å². The Balaban J connectivity index is 1.88. The summed E-state index contributed by atoms with van der Waals surface area (Å²) < 4.78 is 12.2. The number of fused-ring (bicyclic) bond motifs is 1. The third-order valence-electron chi connectivity index (χ3n) is 4.63. The number of amides is 4. The largest absolute Gasteiger partial charge is 0.496 e. The van der Waals surface area contributed by atoms with Crippen molar-refractivity contribution >= 4 is 29.9 Å². The van der Waals surface area contributed by atoms with Gasteiger partial charge in [-0.05, 0) is 13.8 Å². The van der Waals surface area contributed by atoms with Crippen molar-refractivity contribution in [3.05, 3.63) is 11.3 Å². The van der Waals surface area contributed by atoms with Crippen LogP contribution in [0.25, 0.3) is 0 Å². The average Bonchev–Trinajstić information content (AvgIpc) is 2.65. The second-order valence-electron chi connectivity index (χ2n) is 6.29. The van der Waals surface area contributed by atoms with Crippen molar-refractivity contribution in [3.63, 3.8) is 0 Å². The molecule has 0 aromatic carbocycles. The lowest BCUT2D eigenvalue weighted by molar-refractivity contribution is -0.408. The summed E-state index contributed by atoms with van der Waals surface area (Å²) in [5.74, 6) is -0.760. The first-order chi connectivity index (χ1) is 12.5. The van der Waals surface area contributed by atoms with Gasteiger partial charge in [0.2, 0.25) is 0 Å². The van der Waals surface area contributed by atoms with E-state index in [4.69, 9.17) is 9.47 Å². The summed E-state index contributed by atoms with van der Waals surface area (Å²) >= 11 is 0. The first kappa shape index (κ1) is 18.2. The summed E-state index contributed by atoms with van der Waals surface area (Å²) in [6, 6.07) is -0.560. The molecule has 3 aliphatic heterocycles. The number of allylic oxidation sites excluding steroid dienone is 1. The van der Waals surface area contributed by atoms with Crippen molar-refractivity contribution in [1.29, 1.82) is 0 Å². The highest BCUT2D eigenvalue weighted by Crippen LogP contribution is 2.28. The fourth-order valence-corrected chi connectivity index (χ4v) is 3.22. The molecule has 0 radical (unpaired) electrons. The van der Waals surface area contributed by atoms with Gasteiger partial charge in [0.05, 0.1) is 26.9 Å². The molecule has 3 heterocycles. The molecule has 0 aliphatic carbocycles. The van der Waals surface area contributed by atoms with Crippen LogP contribution >= 0.6 is 0 Å². The Hall–Kier alpha value is -2.55. The number of dihydropyridines is 1. The number of ether oxygens (including phenoxy) is 2. The molecule has 0 spiro atoms. The van der Waals surface area contributed by atoms with E-state index in [1.54, 1.807) is 25.1 Å². The van der Waals surface area contributed by atoms with Crippen LogP contribution in [0.1, 0.15) is 13.8 Å². The van der Waals surface area contributed by atoms with Gasteiger partial charge in [-0.3, -0.25) is 9.59 Å². The molecule has 3 aliphatic rings. The Morgan fingerprint density at radius 2 is 2.08 bits per heavy atom. The number of nitrogens with zero attached hydrogens (tertiary/aromatic N) is 4. The Bertz CT molecular complexity index is 733. The van der Waals surface area contributed by atoms with Crippen molar-refractivity contribution in [2.24, 2.45) is 10.9 Å². The van der Waals surface area contributed by atoms with Crippen LogP contribution < -0.4 is 0 Å². The molecule has 9 heteroatoms.